The van der Waals surface area contributed by atoms with Gasteiger partial charge in [0.25, 0.3) is 22.6 Å². The molecule has 0 amide bonds. The smallest absolute Gasteiger partial charge is 0.342 e. The fourth-order valence-corrected chi connectivity index (χ4v) is 8.85. The van der Waals surface area contributed by atoms with E-state index in [1.807, 2.05) is 180 Å². The number of fused-ring (bicyclic) bond motifs is 1. The summed E-state index contributed by atoms with van der Waals surface area (Å²) in [6.07, 6.45) is 10.1. The van der Waals surface area contributed by atoms with Crippen molar-refractivity contribution < 1.29 is 51.6 Å². The monoisotopic (exact) mass is 1520 g/mol. The first kappa shape index (κ1) is 109. The third-order valence-electron chi connectivity index (χ3n) is 13.3. The first-order chi connectivity index (χ1) is 49.3. The molecule has 577 valence electrons. The molecule has 20 nitrogen and oxygen atoms in total. The number of nitro groups is 3. The molecule has 0 saturated carbocycles. The van der Waals surface area contributed by atoms with Crippen LogP contribution in [0.15, 0.2) is 181 Å². The van der Waals surface area contributed by atoms with E-state index in [0.717, 1.165) is 35.2 Å². The molecular weight excluding hydrogens is 1400 g/mol. The van der Waals surface area contributed by atoms with Gasteiger partial charge in [0.1, 0.15) is 16.2 Å². The molecule has 0 atom stereocenters. The number of carboxylic acids is 2. The number of nitrogen functional groups attached to an aromatic ring is 2. The van der Waals surface area contributed by atoms with Crippen LogP contribution in [0.2, 0.25) is 0 Å². The molecule has 1 aromatic heterocycles. The Labute approximate surface area is 644 Å². The summed E-state index contributed by atoms with van der Waals surface area (Å²) in [6, 6.07) is 49.8. The fourth-order valence-electron chi connectivity index (χ4n) is 8.48. The molecule has 0 bridgehead atoms. The van der Waals surface area contributed by atoms with Crippen molar-refractivity contribution in [3.05, 3.63) is 250 Å². The van der Waals surface area contributed by atoms with Gasteiger partial charge in [0, 0.05) is 61.1 Å². The number of aryl methyl sites for hydroxylation is 3. The second-order valence-corrected chi connectivity index (χ2v) is 20.3. The Balaban J connectivity index is -0.000000214. The molecule has 24 heteroatoms. The quantitative estimate of drug-likeness (QED) is 0.0164. The number of anilines is 2. The van der Waals surface area contributed by atoms with Crippen LogP contribution in [0.25, 0.3) is 16.6 Å². The van der Waals surface area contributed by atoms with E-state index in [0.29, 0.717) is 16.6 Å². The van der Waals surface area contributed by atoms with Crippen LogP contribution in [-0.4, -0.2) is 104 Å². The Hall–Kier alpha value is -8.50. The summed E-state index contributed by atoms with van der Waals surface area (Å²) in [7, 11) is 0. The van der Waals surface area contributed by atoms with E-state index in [1.165, 1.54) is 144 Å². The number of para-hydroxylation sites is 5. The van der Waals surface area contributed by atoms with Crippen molar-refractivity contribution in [2.75, 3.05) is 50.7 Å². The molecule has 7 aromatic carbocycles. The average molecular weight is 1520 g/mol. The number of likely N-dealkylation sites (tertiary alicyclic amines) is 2. The van der Waals surface area contributed by atoms with Gasteiger partial charge in [0.2, 0.25) is 0 Å². The second-order valence-electron chi connectivity index (χ2n) is 19.2. The Morgan fingerprint density at radius 2 is 0.865 bits per heavy atom. The number of nitro benzene ring substituents is 3. The molecule has 8 aromatic rings. The zero-order valence-electron chi connectivity index (χ0n) is 65.3. The topological polar surface area (TPSA) is 297 Å². The fraction of sp³-hybridized carbons (Fsp3) is 0.425. The third kappa shape index (κ3) is 44.9. The number of hydrogen-bond acceptors (Lipinski definition) is 14. The Morgan fingerprint density at radius 1 is 0.490 bits per heavy atom. The van der Waals surface area contributed by atoms with Crippen LogP contribution in [0.1, 0.15) is 211 Å². The van der Waals surface area contributed by atoms with Crippen LogP contribution in [0.3, 0.4) is 0 Å². The van der Waals surface area contributed by atoms with Gasteiger partial charge in [0.05, 0.1) is 42.5 Å². The number of alkyl halides is 2. The standard InChI is InChI=1S/C22H25N3O.C13H20N2.C7H5Cl2NO2.C7H5NO4.C7H7NO2.C6H5NO2.9C2H6.B.Fe/c1-17-23-21-9-3-2-8-20(21)22(26)25(17)19-12-10-18(11-13-19)7-4-5-14-24-15-6-16-24;14-13-7-5-12(6-8-13)4-1-2-9-15-10-3-11-15;8-7(9)5-3-1-2-4-6(5)10(11)12;9-7(10)5-3-1-2-4-6(5)8(11)12;8-6-4-2-1-3-5(6)7(9)10;8-7(9)6-4-2-1-3-5-6;9*1-2;;/h2-3,8-13H,4-7,14-16H2,1H3;5-8H,1-4,9-11,14H2;1-4,7H;1-4H,(H,9,10);1-4H,8H2,(H,9,10);1-5H;9*1-2H3;;. The van der Waals surface area contributed by atoms with E-state index < -0.39 is 31.5 Å². The summed E-state index contributed by atoms with van der Waals surface area (Å²) < 4.78 is 1.70. The Kier molecular flexibility index (Phi) is 74.9. The summed E-state index contributed by atoms with van der Waals surface area (Å²) in [5.74, 6) is -1.56. The molecule has 6 N–H and O–H groups in total. The number of rotatable bonds is 17. The van der Waals surface area contributed by atoms with E-state index in [9.17, 15) is 44.7 Å². The SMILES string of the molecule is CC.CC.CC.CC.CC.CC.CC.CC.CC.Cc1nc2ccccc2c(=O)n1-c1ccc(CCCCN2CCC2)cc1.Nc1ccc(CCCCN2CCC2)cc1.Nc1ccccc1C(=O)O.O=C(O)c1ccccc1[N+](=O)[O-].O=[N+]([O-])c1ccccc1.O=[N+]([O-])c1ccccc1C(Cl)Cl.[B].[Fe]. The summed E-state index contributed by atoms with van der Waals surface area (Å²) in [5, 5.41) is 48.3. The van der Waals surface area contributed by atoms with E-state index in [1.54, 1.807) is 53.1 Å². The van der Waals surface area contributed by atoms with Crippen molar-refractivity contribution >= 4 is 82.9 Å². The van der Waals surface area contributed by atoms with Gasteiger partial charge in [-0.3, -0.25) is 39.7 Å². The molecule has 2 fully saturated rings. The van der Waals surface area contributed by atoms with Gasteiger partial charge in [-0.25, -0.2) is 14.6 Å². The van der Waals surface area contributed by atoms with Crippen LogP contribution >= 0.6 is 23.2 Å². The number of aromatic carboxylic acids is 2. The van der Waals surface area contributed by atoms with Crippen molar-refractivity contribution in [3.8, 4) is 5.69 Å². The van der Waals surface area contributed by atoms with Crippen molar-refractivity contribution in [3.63, 3.8) is 0 Å². The van der Waals surface area contributed by atoms with Gasteiger partial charge >= 0.3 is 11.9 Å². The van der Waals surface area contributed by atoms with Gasteiger partial charge < -0.3 is 31.5 Å². The summed E-state index contributed by atoms with van der Waals surface area (Å²) >= 11 is 11.0. The molecule has 0 spiro atoms. The maximum absolute atomic E-state index is 12.9. The molecule has 3 radical (unpaired) electrons. The number of hydrogen-bond donors (Lipinski definition) is 4. The van der Waals surface area contributed by atoms with Crippen LogP contribution in [0.5, 0.6) is 0 Å². The zero-order chi connectivity index (χ0) is 79.0. The maximum Gasteiger partial charge on any atom is 0.342 e. The molecule has 10 rings (SSSR count). The summed E-state index contributed by atoms with van der Waals surface area (Å²) in [6.45, 7) is 45.6. The van der Waals surface area contributed by atoms with Gasteiger partial charge in [-0.15, -0.1) is 0 Å². The second kappa shape index (κ2) is 71.5. The molecule has 104 heavy (non-hydrogen) atoms. The summed E-state index contributed by atoms with van der Waals surface area (Å²) in [4.78, 5) is 71.5. The van der Waals surface area contributed by atoms with Crippen molar-refractivity contribution in [1.29, 1.82) is 0 Å². The number of halogens is 2. The number of unbranched alkanes of at least 4 members (excludes halogenated alkanes) is 2. The Bertz CT molecular complexity index is 3460. The van der Waals surface area contributed by atoms with E-state index in [-0.39, 0.29) is 59.2 Å². The third-order valence-corrected chi connectivity index (χ3v) is 13.7. The van der Waals surface area contributed by atoms with Gasteiger partial charge in [-0.05, 0) is 169 Å². The van der Waals surface area contributed by atoms with E-state index in [2.05, 4.69) is 39.0 Å². The number of nitrogens with zero attached hydrogens (tertiary/aromatic N) is 7. The number of carbonyl (C=O) groups is 2. The van der Waals surface area contributed by atoms with Crippen LogP contribution < -0.4 is 17.0 Å². The zero-order valence-corrected chi connectivity index (χ0v) is 67.9. The van der Waals surface area contributed by atoms with Gasteiger partial charge in [-0.1, -0.05) is 239 Å². The molecule has 2 aliphatic rings. The first-order valence-electron chi connectivity index (χ1n) is 36.0. The summed E-state index contributed by atoms with van der Waals surface area (Å²) in [5.41, 5.74) is 16.4. The predicted octanol–water partition coefficient (Wildman–Crippen LogP) is 21.8. The molecule has 2 saturated heterocycles. The number of nitrogens with two attached hydrogens (primary N) is 2. The molecule has 3 heterocycles. The minimum Gasteiger partial charge on any atom is -0.478 e. The number of aromatic nitrogens is 2. The predicted molar refractivity (Wildman–Crippen MR) is 437 cm³/mol. The van der Waals surface area contributed by atoms with Gasteiger partial charge in [0.15, 0.2) is 0 Å². The minimum atomic E-state index is -1.29. The molecular formula is C80H121BCl2FeN9O11. The molecule has 0 unspecified atom stereocenters. The van der Waals surface area contributed by atoms with Gasteiger partial charge in [-0.2, -0.15) is 0 Å². The average Bonchev–Trinajstić information content (AvgIpc) is 0.781. The van der Waals surface area contributed by atoms with E-state index >= 15 is 0 Å². The molecule has 2 aliphatic heterocycles. The normalized spacial score (nSPS) is 10.4. The number of benzene rings is 7. The van der Waals surface area contributed by atoms with Crippen molar-refractivity contribution in [2.45, 2.75) is 188 Å². The first-order valence-corrected chi connectivity index (χ1v) is 36.8. The maximum atomic E-state index is 12.9. The van der Waals surface area contributed by atoms with Crippen LogP contribution in [-0.2, 0) is 29.9 Å². The van der Waals surface area contributed by atoms with Crippen LogP contribution in [0, 0.1) is 37.3 Å². The van der Waals surface area contributed by atoms with Crippen molar-refractivity contribution in [2.24, 2.45) is 0 Å². The van der Waals surface area contributed by atoms with Crippen molar-refractivity contribution in [1.82, 2.24) is 19.4 Å². The Morgan fingerprint density at radius 3 is 1.22 bits per heavy atom. The van der Waals surface area contributed by atoms with Crippen LogP contribution in [0.4, 0.5) is 28.4 Å². The van der Waals surface area contributed by atoms with E-state index in [4.69, 9.17) is 44.9 Å². The number of carboxylic acid groups (broad SMARTS) is 2. The molecule has 0 aliphatic carbocycles. The number of non-ortho nitro benzene ring substituents is 1. The largest absolute Gasteiger partial charge is 0.478 e. The minimum absolute atomic E-state index is 0.